The molecule has 3 aromatic rings. The molecule has 0 aliphatic carbocycles. The summed E-state index contributed by atoms with van der Waals surface area (Å²) in [5.74, 6) is 0.324. The zero-order chi connectivity index (χ0) is 13.9. The molecule has 0 atom stereocenters. The van der Waals surface area contributed by atoms with E-state index in [1.165, 1.54) is 27.8 Å². The Bertz CT molecular complexity index is 634. The van der Waals surface area contributed by atoms with Crippen LogP contribution in [0.5, 0.6) is 0 Å². The number of aryl methyl sites for hydroxylation is 2. The van der Waals surface area contributed by atoms with E-state index in [1.807, 2.05) is 0 Å². The molecule has 0 nitrogen and oxygen atoms in total. The van der Waals surface area contributed by atoms with E-state index < -0.39 is 0 Å². The molecule has 0 aliphatic rings. The van der Waals surface area contributed by atoms with Crippen LogP contribution < -0.4 is 37.2 Å². The standard InChI is InChI=1S/C20H19.3ClH.Ti/c1-15-13-19(14-16(15)2)20(17-9-5-3-6-10-17)18-11-7-4-8-12-18;;;;/h3-14,20H,1-2H3;3*1H;/q-1;;;;+4/p-3. The molecule has 0 saturated heterocycles. The van der Waals surface area contributed by atoms with Gasteiger partial charge in [0.1, 0.15) is 0 Å². The molecule has 124 valence electrons. The zero-order valence-electron chi connectivity index (χ0n) is 13.6. The van der Waals surface area contributed by atoms with Crippen molar-refractivity contribution in [2.24, 2.45) is 0 Å². The predicted molar refractivity (Wildman–Crippen MR) is 85.3 cm³/mol. The normalized spacial score (nSPS) is 9.12. The van der Waals surface area contributed by atoms with E-state index >= 15 is 0 Å². The molecule has 0 heterocycles. The van der Waals surface area contributed by atoms with E-state index in [0.29, 0.717) is 5.92 Å². The van der Waals surface area contributed by atoms with Gasteiger partial charge in [-0.2, -0.15) is 23.3 Å². The Morgan fingerprint density at radius 1 is 0.625 bits per heavy atom. The van der Waals surface area contributed by atoms with E-state index in [2.05, 4.69) is 86.6 Å². The molecular formula is C20H19Cl3Ti. The molecule has 0 saturated carbocycles. The first-order valence-electron chi connectivity index (χ1n) is 7.09. The van der Waals surface area contributed by atoms with Crippen molar-refractivity contribution in [2.75, 3.05) is 0 Å². The first-order chi connectivity index (χ1) is 9.75. The Kier molecular flexibility index (Phi) is 12.6. The Hall–Kier alpha value is -0.626. The number of benzene rings is 2. The van der Waals surface area contributed by atoms with Gasteiger partial charge in [-0.15, -0.1) is 5.56 Å². The van der Waals surface area contributed by atoms with Gasteiger partial charge in [0, 0.05) is 0 Å². The van der Waals surface area contributed by atoms with Gasteiger partial charge >= 0.3 is 21.7 Å². The second-order valence-electron chi connectivity index (χ2n) is 5.41. The molecule has 0 N–H and O–H groups in total. The molecule has 0 aromatic heterocycles. The smallest absolute Gasteiger partial charge is 1.00 e. The maximum Gasteiger partial charge on any atom is 4.00 e. The molecule has 0 radical (unpaired) electrons. The van der Waals surface area contributed by atoms with Crippen LogP contribution in [0.4, 0.5) is 0 Å². The quantitative estimate of drug-likeness (QED) is 0.305. The Labute approximate surface area is 178 Å². The molecule has 0 amide bonds. The van der Waals surface area contributed by atoms with Crippen LogP contribution in [0.15, 0.2) is 72.8 Å². The minimum Gasteiger partial charge on any atom is -1.00 e. The Morgan fingerprint density at radius 3 is 1.29 bits per heavy atom. The second kappa shape index (κ2) is 11.8. The molecule has 0 aliphatic heterocycles. The molecule has 0 bridgehead atoms. The third-order valence-electron chi connectivity index (χ3n) is 3.99. The summed E-state index contributed by atoms with van der Waals surface area (Å²) in [7, 11) is 0. The number of hydrogen-bond acceptors (Lipinski definition) is 0. The largest absolute Gasteiger partial charge is 4.00 e. The van der Waals surface area contributed by atoms with Gasteiger partial charge in [0.2, 0.25) is 0 Å². The van der Waals surface area contributed by atoms with Crippen molar-refractivity contribution < 1.29 is 58.9 Å². The summed E-state index contributed by atoms with van der Waals surface area (Å²) in [6, 6.07) is 26.1. The SMILES string of the molecule is Cc1c[c-](C(c2ccccc2)c2ccccc2)cc1C.[Cl-].[Cl-].[Cl-].[Ti+4]. The van der Waals surface area contributed by atoms with Gasteiger partial charge in [0.15, 0.2) is 0 Å². The van der Waals surface area contributed by atoms with Crippen LogP contribution in [-0.2, 0) is 21.7 Å². The van der Waals surface area contributed by atoms with Crippen LogP contribution in [0.2, 0.25) is 0 Å². The fourth-order valence-corrected chi connectivity index (χ4v) is 2.80. The van der Waals surface area contributed by atoms with Crippen molar-refractivity contribution in [1.82, 2.24) is 0 Å². The third-order valence-corrected chi connectivity index (χ3v) is 3.99. The van der Waals surface area contributed by atoms with Crippen LogP contribution in [0.25, 0.3) is 0 Å². The zero-order valence-corrected chi connectivity index (χ0v) is 17.5. The predicted octanol–water partition coefficient (Wildman–Crippen LogP) is -3.79. The minimum atomic E-state index is 0. The molecule has 0 unspecified atom stereocenters. The fourth-order valence-electron chi connectivity index (χ4n) is 2.80. The van der Waals surface area contributed by atoms with Crippen molar-refractivity contribution in [2.45, 2.75) is 19.8 Å². The summed E-state index contributed by atoms with van der Waals surface area (Å²) in [6.45, 7) is 4.37. The van der Waals surface area contributed by atoms with Gasteiger partial charge in [-0.3, -0.25) is 0 Å². The van der Waals surface area contributed by atoms with Crippen LogP contribution in [0.3, 0.4) is 0 Å². The first-order valence-corrected chi connectivity index (χ1v) is 7.09. The van der Waals surface area contributed by atoms with E-state index in [-0.39, 0.29) is 58.9 Å². The van der Waals surface area contributed by atoms with Gasteiger partial charge in [0.25, 0.3) is 0 Å². The molecule has 3 rings (SSSR count). The molecule has 0 spiro atoms. The minimum absolute atomic E-state index is 0. The average molecular weight is 414 g/mol. The summed E-state index contributed by atoms with van der Waals surface area (Å²) in [5.41, 5.74) is 6.83. The van der Waals surface area contributed by atoms with Gasteiger partial charge in [-0.25, -0.2) is 0 Å². The van der Waals surface area contributed by atoms with Crippen molar-refractivity contribution in [3.05, 3.63) is 101 Å². The van der Waals surface area contributed by atoms with Gasteiger partial charge < -0.3 is 37.2 Å². The van der Waals surface area contributed by atoms with Crippen molar-refractivity contribution in [3.63, 3.8) is 0 Å². The van der Waals surface area contributed by atoms with E-state index in [0.717, 1.165) is 0 Å². The van der Waals surface area contributed by atoms with Gasteiger partial charge in [-0.1, -0.05) is 74.5 Å². The summed E-state index contributed by atoms with van der Waals surface area (Å²) in [6.07, 6.45) is 0. The van der Waals surface area contributed by atoms with E-state index in [4.69, 9.17) is 0 Å². The Balaban J connectivity index is 0. The average Bonchev–Trinajstić information content (AvgIpc) is 2.81. The maximum absolute atomic E-state index is 2.32. The number of halogens is 3. The molecule has 24 heavy (non-hydrogen) atoms. The number of hydrogen-bond donors (Lipinski definition) is 0. The second-order valence-corrected chi connectivity index (χ2v) is 5.41. The fraction of sp³-hybridized carbons (Fsp3) is 0.150. The molecular weight excluding hydrogens is 394 g/mol. The topological polar surface area (TPSA) is 0 Å². The van der Waals surface area contributed by atoms with Crippen molar-refractivity contribution >= 4 is 0 Å². The van der Waals surface area contributed by atoms with Crippen LogP contribution in [0, 0.1) is 13.8 Å². The summed E-state index contributed by atoms with van der Waals surface area (Å²) >= 11 is 0. The van der Waals surface area contributed by atoms with Gasteiger partial charge in [0.05, 0.1) is 0 Å². The van der Waals surface area contributed by atoms with Crippen LogP contribution in [0.1, 0.15) is 33.7 Å². The third kappa shape index (κ3) is 5.72. The number of rotatable bonds is 3. The maximum atomic E-state index is 2.32. The molecule has 0 fully saturated rings. The monoisotopic (exact) mass is 412 g/mol. The van der Waals surface area contributed by atoms with Gasteiger partial charge in [-0.05, 0) is 17.0 Å². The summed E-state index contributed by atoms with van der Waals surface area (Å²) in [4.78, 5) is 0. The molecule has 3 aromatic carbocycles. The van der Waals surface area contributed by atoms with E-state index in [1.54, 1.807) is 0 Å². The first kappa shape index (κ1) is 25.6. The van der Waals surface area contributed by atoms with Crippen molar-refractivity contribution in [1.29, 1.82) is 0 Å². The Morgan fingerprint density at radius 2 is 0.958 bits per heavy atom. The van der Waals surface area contributed by atoms with Crippen molar-refractivity contribution in [3.8, 4) is 0 Å². The van der Waals surface area contributed by atoms with E-state index in [9.17, 15) is 0 Å². The van der Waals surface area contributed by atoms with Crippen LogP contribution >= 0.6 is 0 Å². The summed E-state index contributed by atoms with van der Waals surface area (Å²) < 4.78 is 0. The molecule has 4 heteroatoms. The summed E-state index contributed by atoms with van der Waals surface area (Å²) in [5, 5.41) is 0. The van der Waals surface area contributed by atoms with Crippen LogP contribution in [-0.4, -0.2) is 0 Å².